The zero-order valence-electron chi connectivity index (χ0n) is 11.5. The van der Waals surface area contributed by atoms with Gasteiger partial charge >= 0.3 is 0 Å². The van der Waals surface area contributed by atoms with Crippen molar-refractivity contribution in [2.45, 2.75) is 25.9 Å². The van der Waals surface area contributed by atoms with E-state index in [1.54, 1.807) is 0 Å². The van der Waals surface area contributed by atoms with Gasteiger partial charge in [-0.3, -0.25) is 4.90 Å². The molecule has 1 aliphatic rings. The molecule has 0 radical (unpaired) electrons. The topological polar surface area (TPSA) is 24.5 Å². The van der Waals surface area contributed by atoms with E-state index < -0.39 is 0 Å². The van der Waals surface area contributed by atoms with Crippen molar-refractivity contribution in [2.24, 2.45) is 0 Å². The Bertz CT molecular complexity index is 395. The van der Waals surface area contributed by atoms with Crippen molar-refractivity contribution in [1.29, 1.82) is 0 Å². The molecule has 1 saturated heterocycles. The molecule has 108 valence electrons. The summed E-state index contributed by atoms with van der Waals surface area (Å²) >= 11 is 6.20. The summed E-state index contributed by atoms with van der Waals surface area (Å²) in [5, 5.41) is 4.09. The van der Waals surface area contributed by atoms with Crippen molar-refractivity contribution in [2.75, 3.05) is 26.7 Å². The van der Waals surface area contributed by atoms with Gasteiger partial charge in [0.25, 0.3) is 0 Å². The summed E-state index contributed by atoms with van der Waals surface area (Å²) in [5.74, 6) is 0.833. The molecule has 0 saturated carbocycles. The third-order valence-electron chi connectivity index (χ3n) is 3.41. The summed E-state index contributed by atoms with van der Waals surface area (Å²) in [4.78, 5) is 2.37. The van der Waals surface area contributed by atoms with E-state index in [1.165, 1.54) is 12.0 Å². The molecule has 0 amide bonds. The Morgan fingerprint density at radius 1 is 1.47 bits per heavy atom. The maximum atomic E-state index is 6.20. The second-order valence-corrected chi connectivity index (χ2v) is 5.13. The summed E-state index contributed by atoms with van der Waals surface area (Å²) in [6.07, 6.45) is 1.21. The lowest BCUT2D eigenvalue weighted by Crippen LogP contribution is -2.33. The predicted octanol–water partition coefficient (Wildman–Crippen LogP) is 2.95. The van der Waals surface area contributed by atoms with E-state index in [0.29, 0.717) is 17.7 Å². The Labute approximate surface area is 126 Å². The van der Waals surface area contributed by atoms with E-state index in [4.69, 9.17) is 16.3 Å². The SMILES string of the molecule is CCOc1c(Cl)cccc1CN(C)C1CCNC1.Cl. The Balaban J connectivity index is 0.00000180. The van der Waals surface area contributed by atoms with Gasteiger partial charge in [-0.2, -0.15) is 0 Å². The van der Waals surface area contributed by atoms with Crippen LogP contribution in [0.5, 0.6) is 5.75 Å². The first-order chi connectivity index (χ1) is 8.72. The third-order valence-corrected chi connectivity index (χ3v) is 3.71. The Hall–Kier alpha value is -0.480. The molecule has 1 N–H and O–H groups in total. The number of rotatable bonds is 5. The molecule has 1 aromatic carbocycles. The zero-order chi connectivity index (χ0) is 13.0. The van der Waals surface area contributed by atoms with E-state index in [9.17, 15) is 0 Å². The molecule has 5 heteroatoms. The second kappa shape index (κ2) is 7.95. The van der Waals surface area contributed by atoms with Gasteiger partial charge in [0.1, 0.15) is 5.75 Å². The highest BCUT2D eigenvalue weighted by Gasteiger charge is 2.20. The summed E-state index contributed by atoms with van der Waals surface area (Å²) in [6, 6.07) is 6.57. The van der Waals surface area contributed by atoms with Gasteiger partial charge in [0.15, 0.2) is 0 Å². The van der Waals surface area contributed by atoms with Gasteiger partial charge < -0.3 is 10.1 Å². The maximum absolute atomic E-state index is 6.20. The van der Waals surface area contributed by atoms with E-state index in [0.717, 1.165) is 25.4 Å². The number of likely N-dealkylation sites (N-methyl/N-ethyl adjacent to an activating group) is 1. The van der Waals surface area contributed by atoms with Crippen LogP contribution in [0.25, 0.3) is 0 Å². The minimum absolute atomic E-state index is 0. The molecule has 1 unspecified atom stereocenters. The number of hydrogen-bond acceptors (Lipinski definition) is 3. The molecule has 0 aromatic heterocycles. The lowest BCUT2D eigenvalue weighted by atomic mass is 10.1. The first-order valence-corrected chi connectivity index (χ1v) is 6.91. The van der Waals surface area contributed by atoms with Crippen molar-refractivity contribution in [1.82, 2.24) is 10.2 Å². The molecule has 19 heavy (non-hydrogen) atoms. The Kier molecular flexibility index (Phi) is 6.94. The molecular formula is C14H22Cl2N2O. The van der Waals surface area contributed by atoms with Crippen molar-refractivity contribution < 1.29 is 4.74 Å². The van der Waals surface area contributed by atoms with Crippen molar-refractivity contribution in [3.8, 4) is 5.75 Å². The van der Waals surface area contributed by atoms with Crippen LogP contribution in [0.15, 0.2) is 18.2 Å². The lowest BCUT2D eigenvalue weighted by molar-refractivity contribution is 0.242. The largest absolute Gasteiger partial charge is 0.492 e. The highest BCUT2D eigenvalue weighted by atomic mass is 35.5. The summed E-state index contributed by atoms with van der Waals surface area (Å²) in [7, 11) is 2.16. The van der Waals surface area contributed by atoms with Crippen LogP contribution in [0, 0.1) is 0 Å². The van der Waals surface area contributed by atoms with E-state index in [1.807, 2.05) is 19.1 Å². The molecule has 1 aliphatic heterocycles. The Morgan fingerprint density at radius 3 is 2.89 bits per heavy atom. The number of para-hydroxylation sites is 1. The summed E-state index contributed by atoms with van der Waals surface area (Å²) in [5.41, 5.74) is 1.17. The fraction of sp³-hybridized carbons (Fsp3) is 0.571. The normalized spacial score (nSPS) is 18.4. The van der Waals surface area contributed by atoms with Crippen LogP contribution in [0.1, 0.15) is 18.9 Å². The molecule has 1 heterocycles. The van der Waals surface area contributed by atoms with Gasteiger partial charge in [0.2, 0.25) is 0 Å². The van der Waals surface area contributed by atoms with Crippen LogP contribution in [-0.4, -0.2) is 37.7 Å². The molecular weight excluding hydrogens is 283 g/mol. The summed E-state index contributed by atoms with van der Waals surface area (Å²) < 4.78 is 5.66. The van der Waals surface area contributed by atoms with Crippen LogP contribution in [0.3, 0.4) is 0 Å². The molecule has 1 atom stereocenters. The maximum Gasteiger partial charge on any atom is 0.142 e. The minimum atomic E-state index is 0. The third kappa shape index (κ3) is 4.25. The molecule has 0 spiro atoms. The van der Waals surface area contributed by atoms with Crippen LogP contribution in [0.2, 0.25) is 5.02 Å². The van der Waals surface area contributed by atoms with Gasteiger partial charge in [0.05, 0.1) is 11.6 Å². The first kappa shape index (κ1) is 16.6. The second-order valence-electron chi connectivity index (χ2n) is 4.72. The van der Waals surface area contributed by atoms with E-state index in [-0.39, 0.29) is 12.4 Å². The predicted molar refractivity (Wildman–Crippen MR) is 82.6 cm³/mol. The number of nitrogens with zero attached hydrogens (tertiary/aromatic N) is 1. The zero-order valence-corrected chi connectivity index (χ0v) is 13.1. The fourth-order valence-corrected chi connectivity index (χ4v) is 2.65. The highest BCUT2D eigenvalue weighted by Crippen LogP contribution is 2.30. The molecule has 2 rings (SSSR count). The van der Waals surface area contributed by atoms with Crippen molar-refractivity contribution in [3.05, 3.63) is 28.8 Å². The summed E-state index contributed by atoms with van der Waals surface area (Å²) in [6.45, 7) is 5.69. The van der Waals surface area contributed by atoms with Gasteiger partial charge in [-0.15, -0.1) is 12.4 Å². The van der Waals surface area contributed by atoms with Gasteiger partial charge in [-0.05, 0) is 33.0 Å². The number of benzene rings is 1. The quantitative estimate of drug-likeness (QED) is 0.905. The number of ether oxygens (including phenoxy) is 1. The monoisotopic (exact) mass is 304 g/mol. The van der Waals surface area contributed by atoms with Crippen LogP contribution in [-0.2, 0) is 6.54 Å². The lowest BCUT2D eigenvalue weighted by Gasteiger charge is -2.24. The minimum Gasteiger partial charge on any atom is -0.492 e. The van der Waals surface area contributed by atoms with Crippen LogP contribution < -0.4 is 10.1 Å². The molecule has 0 bridgehead atoms. The number of halogens is 2. The van der Waals surface area contributed by atoms with Gasteiger partial charge in [0, 0.05) is 24.7 Å². The number of hydrogen-bond donors (Lipinski definition) is 1. The first-order valence-electron chi connectivity index (χ1n) is 6.53. The standard InChI is InChI=1S/C14H21ClN2O.ClH/c1-3-18-14-11(5-4-6-13(14)15)10-17(2)12-7-8-16-9-12;/h4-6,12,16H,3,7-10H2,1-2H3;1H. The van der Waals surface area contributed by atoms with Gasteiger partial charge in [-0.1, -0.05) is 23.7 Å². The van der Waals surface area contributed by atoms with E-state index >= 15 is 0 Å². The average Bonchev–Trinajstić information content (AvgIpc) is 2.87. The molecule has 3 nitrogen and oxygen atoms in total. The van der Waals surface area contributed by atoms with Crippen LogP contribution in [0.4, 0.5) is 0 Å². The molecule has 1 aromatic rings. The van der Waals surface area contributed by atoms with Crippen molar-refractivity contribution >= 4 is 24.0 Å². The smallest absolute Gasteiger partial charge is 0.142 e. The van der Waals surface area contributed by atoms with Crippen molar-refractivity contribution in [3.63, 3.8) is 0 Å². The number of nitrogens with one attached hydrogen (secondary N) is 1. The van der Waals surface area contributed by atoms with Gasteiger partial charge in [-0.25, -0.2) is 0 Å². The molecule has 1 fully saturated rings. The van der Waals surface area contributed by atoms with Crippen LogP contribution >= 0.6 is 24.0 Å². The van der Waals surface area contributed by atoms with E-state index in [2.05, 4.69) is 23.3 Å². The Morgan fingerprint density at radius 2 is 2.26 bits per heavy atom. The highest BCUT2D eigenvalue weighted by molar-refractivity contribution is 6.32. The molecule has 0 aliphatic carbocycles. The fourth-order valence-electron chi connectivity index (χ4n) is 2.40. The average molecular weight is 305 g/mol.